The number of fused-ring (bicyclic) bond motifs is 1. The van der Waals surface area contributed by atoms with Gasteiger partial charge in [-0.15, -0.1) is 0 Å². The number of hydrogen-bond acceptors (Lipinski definition) is 5. The number of methoxy groups -OCH3 is 1. The summed E-state index contributed by atoms with van der Waals surface area (Å²) in [6.45, 7) is 8.13. The maximum atomic E-state index is 5.97. The number of nitrogens with zero attached hydrogens (tertiary/aromatic N) is 2. The molecule has 34 heavy (non-hydrogen) atoms. The molecule has 0 saturated carbocycles. The van der Waals surface area contributed by atoms with Crippen LogP contribution in [0.5, 0.6) is 5.75 Å². The first kappa shape index (κ1) is 22.2. The van der Waals surface area contributed by atoms with Crippen molar-refractivity contribution in [1.82, 2.24) is 4.98 Å². The van der Waals surface area contributed by atoms with Gasteiger partial charge >= 0.3 is 0 Å². The predicted octanol–water partition coefficient (Wildman–Crippen LogP) is 6.08. The molecule has 5 heteroatoms. The van der Waals surface area contributed by atoms with Crippen molar-refractivity contribution in [3.05, 3.63) is 72.4 Å². The Kier molecular flexibility index (Phi) is 5.88. The average molecular weight is 454 g/mol. The molecular weight excluding hydrogens is 422 g/mol. The second-order valence-corrected chi connectivity index (χ2v) is 9.19. The van der Waals surface area contributed by atoms with Gasteiger partial charge in [0, 0.05) is 47.2 Å². The van der Waals surface area contributed by atoms with E-state index in [0.29, 0.717) is 0 Å². The molecule has 1 saturated heterocycles. The fourth-order valence-electron chi connectivity index (χ4n) is 5.07. The van der Waals surface area contributed by atoms with E-state index in [0.717, 1.165) is 63.2 Å². The van der Waals surface area contributed by atoms with Gasteiger partial charge in [0.25, 0.3) is 0 Å². The van der Waals surface area contributed by atoms with Crippen molar-refractivity contribution in [3.63, 3.8) is 0 Å². The third kappa shape index (κ3) is 4.08. The Hall–Kier alpha value is -3.57. The summed E-state index contributed by atoms with van der Waals surface area (Å²) in [4.78, 5) is 7.29. The van der Waals surface area contributed by atoms with Crippen LogP contribution >= 0.6 is 0 Å². The van der Waals surface area contributed by atoms with E-state index in [1.165, 1.54) is 5.69 Å². The zero-order valence-electron chi connectivity index (χ0n) is 20.2. The smallest absolute Gasteiger partial charge is 0.137 e. The molecule has 1 aromatic heterocycles. The van der Waals surface area contributed by atoms with Gasteiger partial charge in [-0.1, -0.05) is 30.3 Å². The molecule has 4 aromatic rings. The van der Waals surface area contributed by atoms with Gasteiger partial charge in [0.1, 0.15) is 5.75 Å². The van der Waals surface area contributed by atoms with E-state index in [9.17, 15) is 0 Å². The minimum atomic E-state index is 0.229. The number of para-hydroxylation sites is 1. The lowest BCUT2D eigenvalue weighted by Crippen LogP contribution is -2.45. The number of hydrogen-bond donors (Lipinski definition) is 1. The van der Waals surface area contributed by atoms with Crippen LogP contribution in [0.25, 0.3) is 33.2 Å². The summed E-state index contributed by atoms with van der Waals surface area (Å²) in [5.41, 5.74) is 14.3. The molecule has 1 fully saturated rings. The SMILES string of the molecule is COc1c(-c2ccc(N3C[C@@H](C)O[C@@H](C)C3)cc2)cnc2c(-c3ccc(N)cc3C)cccc12. The van der Waals surface area contributed by atoms with Crippen molar-refractivity contribution in [1.29, 1.82) is 0 Å². The lowest BCUT2D eigenvalue weighted by atomic mass is 9.95. The number of ether oxygens (including phenoxy) is 2. The maximum Gasteiger partial charge on any atom is 0.137 e. The molecular formula is C29H31N3O2. The van der Waals surface area contributed by atoms with Crippen LogP contribution in [-0.4, -0.2) is 37.4 Å². The zero-order valence-corrected chi connectivity index (χ0v) is 20.2. The molecule has 2 N–H and O–H groups in total. The second kappa shape index (κ2) is 8.99. The fourth-order valence-corrected chi connectivity index (χ4v) is 5.07. The summed E-state index contributed by atoms with van der Waals surface area (Å²) in [5, 5.41) is 0.994. The Balaban J connectivity index is 1.55. The molecule has 1 aliphatic rings. The molecule has 0 bridgehead atoms. The molecule has 0 radical (unpaired) electrons. The van der Waals surface area contributed by atoms with Crippen LogP contribution in [0.2, 0.25) is 0 Å². The molecule has 0 amide bonds. The lowest BCUT2D eigenvalue weighted by Gasteiger charge is -2.36. The van der Waals surface area contributed by atoms with Gasteiger partial charge < -0.3 is 20.1 Å². The molecule has 0 aliphatic carbocycles. The molecule has 1 aliphatic heterocycles. The summed E-state index contributed by atoms with van der Waals surface area (Å²) in [6, 6.07) is 20.9. The highest BCUT2D eigenvalue weighted by molar-refractivity contribution is 6.01. The first-order valence-electron chi connectivity index (χ1n) is 11.8. The molecule has 5 rings (SSSR count). The fraction of sp³-hybridized carbons (Fsp3) is 0.276. The summed E-state index contributed by atoms with van der Waals surface area (Å²) in [7, 11) is 1.73. The van der Waals surface area contributed by atoms with Crippen molar-refractivity contribution in [2.24, 2.45) is 0 Å². The predicted molar refractivity (Wildman–Crippen MR) is 141 cm³/mol. The van der Waals surface area contributed by atoms with E-state index in [1.807, 2.05) is 18.3 Å². The summed E-state index contributed by atoms with van der Waals surface area (Å²) < 4.78 is 11.8. The highest BCUT2D eigenvalue weighted by Crippen LogP contribution is 2.40. The van der Waals surface area contributed by atoms with E-state index >= 15 is 0 Å². The van der Waals surface area contributed by atoms with Gasteiger partial charge in [-0.25, -0.2) is 0 Å². The van der Waals surface area contributed by atoms with Crippen molar-refractivity contribution in [2.45, 2.75) is 33.0 Å². The molecule has 2 atom stereocenters. The molecule has 5 nitrogen and oxygen atoms in total. The quantitative estimate of drug-likeness (QED) is 0.379. The van der Waals surface area contributed by atoms with Crippen molar-refractivity contribution in [3.8, 4) is 28.0 Å². The Morgan fingerprint density at radius 3 is 2.35 bits per heavy atom. The minimum Gasteiger partial charge on any atom is -0.495 e. The summed E-state index contributed by atoms with van der Waals surface area (Å²) in [5.74, 6) is 0.835. The number of morpholine rings is 1. The zero-order chi connectivity index (χ0) is 23.8. The molecule has 3 aromatic carbocycles. The molecule has 2 heterocycles. The van der Waals surface area contributed by atoms with Crippen LogP contribution in [0.3, 0.4) is 0 Å². The normalized spacial score (nSPS) is 18.3. The van der Waals surface area contributed by atoms with Gasteiger partial charge in [0.05, 0.1) is 24.8 Å². The number of aromatic nitrogens is 1. The Morgan fingerprint density at radius 1 is 0.941 bits per heavy atom. The Labute approximate surface area is 201 Å². The van der Waals surface area contributed by atoms with Crippen molar-refractivity contribution < 1.29 is 9.47 Å². The van der Waals surface area contributed by atoms with Gasteiger partial charge in [-0.05, 0) is 67.8 Å². The third-order valence-corrected chi connectivity index (χ3v) is 6.56. The van der Waals surface area contributed by atoms with Gasteiger partial charge in [-0.2, -0.15) is 0 Å². The van der Waals surface area contributed by atoms with Gasteiger partial charge in [-0.3, -0.25) is 4.98 Å². The van der Waals surface area contributed by atoms with Gasteiger partial charge in [0.2, 0.25) is 0 Å². The minimum absolute atomic E-state index is 0.229. The third-order valence-electron chi connectivity index (χ3n) is 6.56. The number of pyridine rings is 1. The molecule has 0 spiro atoms. The Bertz CT molecular complexity index is 1320. The van der Waals surface area contributed by atoms with Gasteiger partial charge in [0.15, 0.2) is 0 Å². The first-order valence-corrected chi connectivity index (χ1v) is 11.8. The van der Waals surface area contributed by atoms with E-state index in [2.05, 4.69) is 74.2 Å². The summed E-state index contributed by atoms with van der Waals surface area (Å²) >= 11 is 0. The molecule has 0 unspecified atom stereocenters. The van der Waals surface area contributed by atoms with Crippen molar-refractivity contribution in [2.75, 3.05) is 30.8 Å². The van der Waals surface area contributed by atoms with Crippen LogP contribution in [0.4, 0.5) is 11.4 Å². The second-order valence-electron chi connectivity index (χ2n) is 9.19. The molecule has 174 valence electrons. The van der Waals surface area contributed by atoms with E-state index in [1.54, 1.807) is 7.11 Å². The largest absolute Gasteiger partial charge is 0.495 e. The number of rotatable bonds is 4. The monoisotopic (exact) mass is 453 g/mol. The summed E-state index contributed by atoms with van der Waals surface area (Å²) in [6.07, 6.45) is 2.38. The van der Waals surface area contributed by atoms with Crippen LogP contribution in [0.1, 0.15) is 19.4 Å². The first-order chi connectivity index (χ1) is 16.4. The van der Waals surface area contributed by atoms with Crippen LogP contribution in [0, 0.1) is 6.92 Å². The highest BCUT2D eigenvalue weighted by atomic mass is 16.5. The van der Waals surface area contributed by atoms with Crippen molar-refractivity contribution >= 4 is 22.3 Å². The van der Waals surface area contributed by atoms with E-state index < -0.39 is 0 Å². The van der Waals surface area contributed by atoms with Crippen LogP contribution < -0.4 is 15.4 Å². The Morgan fingerprint density at radius 2 is 1.68 bits per heavy atom. The van der Waals surface area contributed by atoms with E-state index in [4.69, 9.17) is 20.2 Å². The lowest BCUT2D eigenvalue weighted by molar-refractivity contribution is -0.00521. The number of anilines is 2. The average Bonchev–Trinajstić information content (AvgIpc) is 2.82. The number of nitrogen functional groups attached to an aromatic ring is 1. The highest BCUT2D eigenvalue weighted by Gasteiger charge is 2.22. The van der Waals surface area contributed by atoms with E-state index in [-0.39, 0.29) is 12.2 Å². The van der Waals surface area contributed by atoms with Crippen LogP contribution in [-0.2, 0) is 4.74 Å². The topological polar surface area (TPSA) is 60.6 Å². The number of benzene rings is 3. The van der Waals surface area contributed by atoms with Crippen LogP contribution in [0.15, 0.2) is 66.9 Å². The number of aryl methyl sites for hydroxylation is 1. The standard InChI is InChI=1S/C29H31N3O2/c1-18-14-22(30)10-13-24(18)25-6-5-7-26-28(25)31-15-27(29(26)33-4)21-8-11-23(12-9-21)32-16-19(2)34-20(3)17-32/h5-15,19-20H,16-17,30H2,1-4H3/t19-,20+. The number of nitrogens with two attached hydrogens (primary N) is 1. The maximum absolute atomic E-state index is 5.97.